The number of fused-ring (bicyclic) bond motifs is 1. The normalized spacial score (nSPS) is 19.4. The van der Waals surface area contributed by atoms with Crippen molar-refractivity contribution in [1.29, 1.82) is 0 Å². The van der Waals surface area contributed by atoms with Gasteiger partial charge in [-0.05, 0) is 30.4 Å². The van der Waals surface area contributed by atoms with Crippen molar-refractivity contribution >= 4 is 0 Å². The lowest BCUT2D eigenvalue weighted by atomic mass is 10.0. The SMILES string of the molecule is CCC(O)Cc1nc(C2CCc3ccccc32)no1. The quantitative estimate of drug-likeness (QED) is 0.915. The summed E-state index contributed by atoms with van der Waals surface area (Å²) >= 11 is 0. The zero-order chi connectivity index (χ0) is 13.2. The molecule has 0 radical (unpaired) electrons. The van der Waals surface area contributed by atoms with Crippen molar-refractivity contribution in [3.05, 3.63) is 47.1 Å². The van der Waals surface area contributed by atoms with Gasteiger partial charge in [-0.2, -0.15) is 4.98 Å². The Morgan fingerprint density at radius 3 is 3.11 bits per heavy atom. The molecular weight excluding hydrogens is 240 g/mol. The minimum Gasteiger partial charge on any atom is -0.393 e. The standard InChI is InChI=1S/C15H18N2O2/c1-2-11(18)9-14-16-15(17-19-14)13-8-7-10-5-3-4-6-12(10)13/h3-6,11,13,18H,2,7-9H2,1H3. The molecule has 100 valence electrons. The van der Waals surface area contributed by atoms with Gasteiger partial charge < -0.3 is 9.63 Å². The third-order valence-corrected chi connectivity index (χ3v) is 3.81. The van der Waals surface area contributed by atoms with Crippen LogP contribution in [0.3, 0.4) is 0 Å². The van der Waals surface area contributed by atoms with Crippen LogP contribution in [0.5, 0.6) is 0 Å². The summed E-state index contributed by atoms with van der Waals surface area (Å²) in [5.41, 5.74) is 2.69. The summed E-state index contributed by atoms with van der Waals surface area (Å²) < 4.78 is 5.24. The molecule has 1 aliphatic carbocycles. The predicted octanol–water partition coefficient (Wildman–Crippen LogP) is 2.46. The Bertz CT molecular complexity index is 565. The fourth-order valence-corrected chi connectivity index (χ4v) is 2.66. The lowest BCUT2D eigenvalue weighted by molar-refractivity contribution is 0.158. The summed E-state index contributed by atoms with van der Waals surface area (Å²) in [6.07, 6.45) is 2.85. The average molecular weight is 258 g/mol. The summed E-state index contributed by atoms with van der Waals surface area (Å²) in [5, 5.41) is 13.7. The molecule has 4 nitrogen and oxygen atoms in total. The summed E-state index contributed by atoms with van der Waals surface area (Å²) in [6, 6.07) is 8.43. The highest BCUT2D eigenvalue weighted by molar-refractivity contribution is 5.38. The van der Waals surface area contributed by atoms with Crippen molar-refractivity contribution in [2.45, 2.75) is 44.6 Å². The molecule has 2 unspecified atom stereocenters. The van der Waals surface area contributed by atoms with E-state index >= 15 is 0 Å². The fraction of sp³-hybridized carbons (Fsp3) is 0.467. The van der Waals surface area contributed by atoms with Crippen LogP contribution in [0.2, 0.25) is 0 Å². The smallest absolute Gasteiger partial charge is 0.229 e. The highest BCUT2D eigenvalue weighted by Gasteiger charge is 2.27. The number of benzene rings is 1. The molecule has 1 aromatic heterocycles. The van der Waals surface area contributed by atoms with Crippen molar-refractivity contribution < 1.29 is 9.63 Å². The first-order valence-corrected chi connectivity index (χ1v) is 6.86. The Morgan fingerprint density at radius 2 is 2.26 bits per heavy atom. The van der Waals surface area contributed by atoms with Gasteiger partial charge in [-0.1, -0.05) is 36.3 Å². The van der Waals surface area contributed by atoms with Gasteiger partial charge in [-0.3, -0.25) is 0 Å². The highest BCUT2D eigenvalue weighted by Crippen LogP contribution is 2.36. The Kier molecular flexibility index (Phi) is 3.34. The van der Waals surface area contributed by atoms with E-state index in [2.05, 4.69) is 34.4 Å². The van der Waals surface area contributed by atoms with Gasteiger partial charge in [0.2, 0.25) is 5.89 Å². The zero-order valence-corrected chi connectivity index (χ0v) is 11.0. The molecule has 1 N–H and O–H groups in total. The van der Waals surface area contributed by atoms with Crippen LogP contribution in [-0.2, 0) is 12.8 Å². The first-order chi connectivity index (χ1) is 9.28. The van der Waals surface area contributed by atoms with Crippen molar-refractivity contribution in [3.8, 4) is 0 Å². The molecular formula is C15H18N2O2. The van der Waals surface area contributed by atoms with Crippen LogP contribution in [0.1, 0.15) is 48.5 Å². The molecule has 0 saturated carbocycles. The molecule has 3 rings (SSSR count). The third kappa shape index (κ3) is 2.40. The molecule has 19 heavy (non-hydrogen) atoms. The van der Waals surface area contributed by atoms with E-state index in [1.807, 2.05) is 6.92 Å². The molecule has 4 heteroatoms. The highest BCUT2D eigenvalue weighted by atomic mass is 16.5. The molecule has 1 aromatic carbocycles. The van der Waals surface area contributed by atoms with E-state index in [1.54, 1.807) is 0 Å². The second kappa shape index (κ2) is 5.13. The van der Waals surface area contributed by atoms with E-state index in [9.17, 15) is 5.11 Å². The molecule has 0 spiro atoms. The molecule has 0 amide bonds. The predicted molar refractivity (Wildman–Crippen MR) is 70.9 cm³/mol. The zero-order valence-electron chi connectivity index (χ0n) is 11.0. The van der Waals surface area contributed by atoms with E-state index in [0.29, 0.717) is 18.7 Å². The van der Waals surface area contributed by atoms with E-state index in [0.717, 1.165) is 18.7 Å². The number of hydrogen-bond acceptors (Lipinski definition) is 4. The summed E-state index contributed by atoms with van der Waals surface area (Å²) in [5.74, 6) is 1.53. The van der Waals surface area contributed by atoms with Gasteiger partial charge in [-0.15, -0.1) is 0 Å². The average Bonchev–Trinajstić information content (AvgIpc) is 3.04. The summed E-state index contributed by atoms with van der Waals surface area (Å²) in [6.45, 7) is 1.94. The Morgan fingerprint density at radius 1 is 1.42 bits per heavy atom. The molecule has 2 atom stereocenters. The van der Waals surface area contributed by atoms with E-state index < -0.39 is 6.10 Å². The molecule has 0 aliphatic heterocycles. The van der Waals surface area contributed by atoms with Gasteiger partial charge >= 0.3 is 0 Å². The monoisotopic (exact) mass is 258 g/mol. The molecule has 2 aromatic rings. The molecule has 0 saturated heterocycles. The van der Waals surface area contributed by atoms with Gasteiger partial charge in [0.05, 0.1) is 12.5 Å². The number of aliphatic hydroxyl groups is 1. The third-order valence-electron chi connectivity index (χ3n) is 3.81. The minimum atomic E-state index is -0.399. The second-order valence-electron chi connectivity index (χ2n) is 5.10. The topological polar surface area (TPSA) is 59.2 Å². The number of nitrogens with zero attached hydrogens (tertiary/aromatic N) is 2. The van der Waals surface area contributed by atoms with Crippen molar-refractivity contribution in [2.24, 2.45) is 0 Å². The van der Waals surface area contributed by atoms with Crippen molar-refractivity contribution in [3.63, 3.8) is 0 Å². The van der Waals surface area contributed by atoms with Crippen LogP contribution < -0.4 is 0 Å². The van der Waals surface area contributed by atoms with Crippen LogP contribution in [0.15, 0.2) is 28.8 Å². The number of aryl methyl sites for hydroxylation is 1. The van der Waals surface area contributed by atoms with Gasteiger partial charge in [-0.25, -0.2) is 0 Å². The lowest BCUT2D eigenvalue weighted by Gasteiger charge is -2.05. The van der Waals surface area contributed by atoms with Gasteiger partial charge in [0.25, 0.3) is 0 Å². The van der Waals surface area contributed by atoms with Gasteiger partial charge in [0, 0.05) is 5.92 Å². The Labute approximate surface area is 112 Å². The lowest BCUT2D eigenvalue weighted by Crippen LogP contribution is -2.08. The van der Waals surface area contributed by atoms with Crippen LogP contribution in [0.4, 0.5) is 0 Å². The maximum atomic E-state index is 9.62. The first kappa shape index (κ1) is 12.4. The van der Waals surface area contributed by atoms with Crippen LogP contribution in [0, 0.1) is 0 Å². The largest absolute Gasteiger partial charge is 0.393 e. The van der Waals surface area contributed by atoms with Crippen LogP contribution in [0.25, 0.3) is 0 Å². The molecule has 0 bridgehead atoms. The Hall–Kier alpha value is -1.68. The van der Waals surface area contributed by atoms with Crippen LogP contribution >= 0.6 is 0 Å². The van der Waals surface area contributed by atoms with Crippen LogP contribution in [-0.4, -0.2) is 21.4 Å². The van der Waals surface area contributed by atoms with E-state index in [1.165, 1.54) is 11.1 Å². The minimum absolute atomic E-state index is 0.243. The molecule has 1 heterocycles. The number of rotatable bonds is 4. The van der Waals surface area contributed by atoms with Crippen molar-refractivity contribution in [2.75, 3.05) is 0 Å². The summed E-state index contributed by atoms with van der Waals surface area (Å²) in [4.78, 5) is 4.44. The Balaban J connectivity index is 1.81. The van der Waals surface area contributed by atoms with E-state index in [-0.39, 0.29) is 5.92 Å². The number of aliphatic hydroxyl groups excluding tert-OH is 1. The molecule has 0 fully saturated rings. The maximum Gasteiger partial charge on any atom is 0.229 e. The van der Waals surface area contributed by atoms with Gasteiger partial charge in [0.1, 0.15) is 0 Å². The number of aromatic nitrogens is 2. The van der Waals surface area contributed by atoms with Gasteiger partial charge in [0.15, 0.2) is 5.82 Å². The summed E-state index contributed by atoms with van der Waals surface area (Å²) in [7, 11) is 0. The molecule has 1 aliphatic rings. The fourth-order valence-electron chi connectivity index (χ4n) is 2.66. The second-order valence-corrected chi connectivity index (χ2v) is 5.10. The van der Waals surface area contributed by atoms with E-state index in [4.69, 9.17) is 4.52 Å². The maximum absolute atomic E-state index is 9.62. The van der Waals surface area contributed by atoms with Crippen molar-refractivity contribution in [1.82, 2.24) is 10.1 Å². The number of hydrogen-bond donors (Lipinski definition) is 1. The first-order valence-electron chi connectivity index (χ1n) is 6.86.